The number of amides is 2. The summed E-state index contributed by atoms with van der Waals surface area (Å²) in [6.45, 7) is 2.04. The van der Waals surface area contributed by atoms with E-state index < -0.39 is 0 Å². The highest BCUT2D eigenvalue weighted by atomic mass is 16.6. The number of methoxy groups -OCH3 is 1. The van der Waals surface area contributed by atoms with Crippen LogP contribution in [0.2, 0.25) is 0 Å². The Morgan fingerprint density at radius 1 is 1.23 bits per heavy atom. The van der Waals surface area contributed by atoms with Gasteiger partial charge in [0.05, 0.1) is 25.4 Å². The second-order valence-corrected chi connectivity index (χ2v) is 8.89. The molecule has 164 valence electrons. The predicted octanol–water partition coefficient (Wildman–Crippen LogP) is 1.39. The summed E-state index contributed by atoms with van der Waals surface area (Å²) in [5, 5.41) is 5.95. The standard InChI is InChI=1S/C21H31N5O4/c1-21(8-9-21)24-20(28)30-15-7-6-13(10-15)16-12-17(26-25-16)23-18(27)11-14-4-3-5-19(22-14)29-2/h3-5,13,15-17,25-26H,6-12H2,1-2H3,(H,23,27)(H,24,28)/t13-,15+,16?,17?/m0/s1. The molecule has 2 amide bonds. The molecule has 2 unspecified atom stereocenters. The number of hydrogen-bond donors (Lipinski definition) is 4. The highest BCUT2D eigenvalue weighted by Gasteiger charge is 2.41. The maximum Gasteiger partial charge on any atom is 0.407 e. The SMILES string of the molecule is COc1cccc(CC(=O)NC2CC([C@H]3CC[C@@H](OC(=O)NC4(C)CC4)C3)NN2)n1. The minimum Gasteiger partial charge on any atom is -0.481 e. The lowest BCUT2D eigenvalue weighted by molar-refractivity contribution is -0.121. The van der Waals surface area contributed by atoms with Crippen molar-refractivity contribution in [2.75, 3.05) is 7.11 Å². The van der Waals surface area contributed by atoms with Crippen molar-refractivity contribution in [3.05, 3.63) is 23.9 Å². The average molecular weight is 418 g/mol. The summed E-state index contributed by atoms with van der Waals surface area (Å²) in [6.07, 6.45) is 5.30. The van der Waals surface area contributed by atoms with Crippen LogP contribution < -0.4 is 26.2 Å². The van der Waals surface area contributed by atoms with E-state index in [0.29, 0.717) is 17.5 Å². The molecule has 0 radical (unpaired) electrons. The van der Waals surface area contributed by atoms with E-state index in [1.165, 1.54) is 0 Å². The third-order valence-electron chi connectivity index (χ3n) is 6.27. The van der Waals surface area contributed by atoms with Crippen LogP contribution >= 0.6 is 0 Å². The molecule has 1 aliphatic heterocycles. The number of carbonyl (C=O) groups excluding carboxylic acids is 2. The molecule has 1 saturated heterocycles. The Morgan fingerprint density at radius 2 is 2.07 bits per heavy atom. The Hall–Kier alpha value is -2.39. The Morgan fingerprint density at radius 3 is 2.83 bits per heavy atom. The first kappa shape index (κ1) is 20.9. The van der Waals surface area contributed by atoms with Crippen molar-refractivity contribution >= 4 is 12.0 Å². The van der Waals surface area contributed by atoms with Crippen LogP contribution in [0.1, 0.15) is 51.1 Å². The van der Waals surface area contributed by atoms with Crippen LogP contribution in [-0.4, -0.2) is 47.9 Å². The van der Waals surface area contributed by atoms with Crippen LogP contribution in [0.5, 0.6) is 5.88 Å². The molecule has 9 heteroatoms. The molecule has 0 bridgehead atoms. The summed E-state index contributed by atoms with van der Waals surface area (Å²) in [6, 6.07) is 5.62. The number of carbonyl (C=O) groups is 2. The van der Waals surface area contributed by atoms with Gasteiger partial charge in [0.15, 0.2) is 0 Å². The normalized spacial score (nSPS) is 29.3. The van der Waals surface area contributed by atoms with Gasteiger partial charge < -0.3 is 20.1 Å². The van der Waals surface area contributed by atoms with Crippen molar-refractivity contribution in [3.8, 4) is 5.88 Å². The monoisotopic (exact) mass is 417 g/mol. The summed E-state index contributed by atoms with van der Waals surface area (Å²) in [7, 11) is 1.55. The number of hydrazine groups is 1. The summed E-state index contributed by atoms with van der Waals surface area (Å²) in [4.78, 5) is 28.7. The average Bonchev–Trinajstić information content (AvgIpc) is 3.09. The van der Waals surface area contributed by atoms with Crippen LogP contribution in [0.3, 0.4) is 0 Å². The van der Waals surface area contributed by atoms with E-state index in [2.05, 4.69) is 26.5 Å². The first-order chi connectivity index (χ1) is 14.4. The summed E-state index contributed by atoms with van der Waals surface area (Å²) in [5.41, 5.74) is 7.08. The lowest BCUT2D eigenvalue weighted by Gasteiger charge is -2.19. The minimum atomic E-state index is -0.297. The molecule has 30 heavy (non-hydrogen) atoms. The minimum absolute atomic E-state index is 0.0353. The fourth-order valence-electron chi connectivity index (χ4n) is 4.25. The van der Waals surface area contributed by atoms with E-state index >= 15 is 0 Å². The zero-order valence-corrected chi connectivity index (χ0v) is 17.6. The Kier molecular flexibility index (Phi) is 6.10. The van der Waals surface area contributed by atoms with E-state index in [1.807, 2.05) is 19.1 Å². The van der Waals surface area contributed by atoms with E-state index in [9.17, 15) is 9.59 Å². The zero-order valence-electron chi connectivity index (χ0n) is 17.6. The number of aromatic nitrogens is 1. The van der Waals surface area contributed by atoms with Crippen molar-refractivity contribution in [1.82, 2.24) is 26.5 Å². The maximum atomic E-state index is 12.4. The van der Waals surface area contributed by atoms with Crippen LogP contribution in [0, 0.1) is 5.92 Å². The fourth-order valence-corrected chi connectivity index (χ4v) is 4.25. The topological polar surface area (TPSA) is 114 Å². The van der Waals surface area contributed by atoms with Gasteiger partial charge in [-0.15, -0.1) is 0 Å². The lowest BCUT2D eigenvalue weighted by Crippen LogP contribution is -2.45. The van der Waals surface area contributed by atoms with Crippen LogP contribution in [0.15, 0.2) is 18.2 Å². The molecule has 4 atom stereocenters. The van der Waals surface area contributed by atoms with E-state index in [-0.39, 0.29) is 42.3 Å². The van der Waals surface area contributed by atoms with Crippen LogP contribution in [0.25, 0.3) is 0 Å². The Labute approximate surface area is 176 Å². The predicted molar refractivity (Wildman–Crippen MR) is 109 cm³/mol. The molecular weight excluding hydrogens is 386 g/mol. The number of nitrogens with one attached hydrogen (secondary N) is 4. The quantitative estimate of drug-likeness (QED) is 0.530. The molecule has 1 aromatic heterocycles. The second kappa shape index (κ2) is 8.77. The molecular formula is C21H31N5O4. The number of rotatable bonds is 7. The Balaban J connectivity index is 1.19. The molecule has 3 aliphatic rings. The Bertz CT molecular complexity index is 784. The first-order valence-electron chi connectivity index (χ1n) is 10.7. The van der Waals surface area contributed by atoms with Crippen LogP contribution in [-0.2, 0) is 16.0 Å². The van der Waals surface area contributed by atoms with Gasteiger partial charge in [0.25, 0.3) is 0 Å². The van der Waals surface area contributed by atoms with Gasteiger partial charge in [-0.05, 0) is 57.4 Å². The number of ether oxygens (including phenoxy) is 2. The van der Waals surface area contributed by atoms with E-state index in [1.54, 1.807) is 13.2 Å². The maximum absolute atomic E-state index is 12.4. The van der Waals surface area contributed by atoms with Crippen molar-refractivity contribution in [1.29, 1.82) is 0 Å². The third-order valence-corrected chi connectivity index (χ3v) is 6.27. The van der Waals surface area contributed by atoms with Gasteiger partial charge in [0, 0.05) is 17.6 Å². The summed E-state index contributed by atoms with van der Waals surface area (Å²) in [5.74, 6) is 0.821. The molecule has 2 saturated carbocycles. The van der Waals surface area contributed by atoms with Crippen molar-refractivity contribution in [3.63, 3.8) is 0 Å². The van der Waals surface area contributed by atoms with Gasteiger partial charge >= 0.3 is 6.09 Å². The molecule has 4 N–H and O–H groups in total. The fraction of sp³-hybridized carbons (Fsp3) is 0.667. The van der Waals surface area contributed by atoms with Crippen molar-refractivity contribution in [2.45, 2.75) is 75.7 Å². The van der Waals surface area contributed by atoms with Crippen LogP contribution in [0.4, 0.5) is 4.79 Å². The van der Waals surface area contributed by atoms with Crippen molar-refractivity contribution in [2.24, 2.45) is 5.92 Å². The second-order valence-electron chi connectivity index (χ2n) is 8.89. The third kappa shape index (κ3) is 5.40. The lowest BCUT2D eigenvalue weighted by atomic mass is 9.96. The van der Waals surface area contributed by atoms with Gasteiger partial charge in [-0.3, -0.25) is 10.2 Å². The molecule has 2 heterocycles. The number of pyridine rings is 1. The van der Waals surface area contributed by atoms with E-state index in [0.717, 1.165) is 38.5 Å². The molecule has 9 nitrogen and oxygen atoms in total. The molecule has 1 aromatic rings. The van der Waals surface area contributed by atoms with E-state index in [4.69, 9.17) is 9.47 Å². The van der Waals surface area contributed by atoms with Gasteiger partial charge in [0.1, 0.15) is 6.10 Å². The van der Waals surface area contributed by atoms with Gasteiger partial charge in [-0.2, -0.15) is 0 Å². The number of nitrogens with zero attached hydrogens (tertiary/aromatic N) is 1. The summed E-state index contributed by atoms with van der Waals surface area (Å²) < 4.78 is 10.7. The largest absolute Gasteiger partial charge is 0.481 e. The highest BCUT2D eigenvalue weighted by molar-refractivity contribution is 5.78. The van der Waals surface area contributed by atoms with Gasteiger partial charge in [0.2, 0.25) is 11.8 Å². The first-order valence-corrected chi connectivity index (χ1v) is 10.7. The van der Waals surface area contributed by atoms with Crippen molar-refractivity contribution < 1.29 is 19.1 Å². The van der Waals surface area contributed by atoms with Gasteiger partial charge in [-0.25, -0.2) is 15.2 Å². The van der Waals surface area contributed by atoms with Gasteiger partial charge in [-0.1, -0.05) is 6.07 Å². The number of alkyl carbamates (subject to hydrolysis) is 1. The molecule has 3 fully saturated rings. The molecule has 2 aliphatic carbocycles. The summed E-state index contributed by atoms with van der Waals surface area (Å²) >= 11 is 0. The highest BCUT2D eigenvalue weighted by Crippen LogP contribution is 2.36. The molecule has 4 rings (SSSR count). The molecule has 0 aromatic carbocycles. The zero-order chi connectivity index (χ0) is 21.1. The molecule has 0 spiro atoms. The smallest absolute Gasteiger partial charge is 0.407 e. The number of hydrogen-bond acceptors (Lipinski definition) is 7.